The second kappa shape index (κ2) is 12.0. The highest BCUT2D eigenvalue weighted by molar-refractivity contribution is 5.93. The van der Waals surface area contributed by atoms with Gasteiger partial charge in [0.25, 0.3) is 5.91 Å². The van der Waals surface area contributed by atoms with Gasteiger partial charge in [0.05, 0.1) is 24.7 Å². The van der Waals surface area contributed by atoms with E-state index in [2.05, 4.69) is 36.4 Å². The summed E-state index contributed by atoms with van der Waals surface area (Å²) < 4.78 is 19.7. The Balaban J connectivity index is 1.17. The lowest BCUT2D eigenvalue weighted by Gasteiger charge is -2.21. The number of rotatable bonds is 8. The molecule has 1 saturated heterocycles. The maximum absolute atomic E-state index is 14.3. The number of nitrogens with zero attached hydrogens (tertiary/aromatic N) is 4. The molecule has 11 nitrogen and oxygen atoms in total. The molecule has 39 heavy (non-hydrogen) atoms. The van der Waals surface area contributed by atoms with Crippen LogP contribution in [0.25, 0.3) is 0 Å². The van der Waals surface area contributed by atoms with E-state index in [0.29, 0.717) is 32.0 Å². The Morgan fingerprint density at radius 1 is 0.897 bits per heavy atom. The third kappa shape index (κ3) is 6.87. The minimum absolute atomic E-state index is 0.0578. The molecule has 0 bridgehead atoms. The summed E-state index contributed by atoms with van der Waals surface area (Å²) >= 11 is 0. The molecule has 0 aliphatic carbocycles. The van der Waals surface area contributed by atoms with Crippen molar-refractivity contribution in [2.75, 3.05) is 47.3 Å². The van der Waals surface area contributed by atoms with Crippen molar-refractivity contribution in [1.29, 1.82) is 0 Å². The van der Waals surface area contributed by atoms with Crippen LogP contribution in [0.15, 0.2) is 73.1 Å². The van der Waals surface area contributed by atoms with Crippen LogP contribution in [-0.2, 0) is 4.74 Å². The number of hydrogen-bond acceptors (Lipinski definition) is 10. The van der Waals surface area contributed by atoms with Crippen LogP contribution in [0.2, 0.25) is 0 Å². The van der Waals surface area contributed by atoms with Gasteiger partial charge in [0, 0.05) is 42.8 Å². The van der Waals surface area contributed by atoms with Crippen LogP contribution in [0.4, 0.5) is 38.9 Å². The minimum atomic E-state index is -0.542. The van der Waals surface area contributed by atoms with E-state index in [1.54, 1.807) is 35.2 Å². The van der Waals surface area contributed by atoms with E-state index >= 15 is 0 Å². The van der Waals surface area contributed by atoms with Crippen LogP contribution in [0.3, 0.4) is 0 Å². The van der Waals surface area contributed by atoms with Gasteiger partial charge in [0.15, 0.2) is 11.6 Å². The molecule has 0 saturated carbocycles. The second-order valence-corrected chi connectivity index (χ2v) is 8.71. The normalized spacial score (nSPS) is 13.3. The van der Waals surface area contributed by atoms with Gasteiger partial charge in [-0.05, 0) is 48.9 Å². The zero-order chi connectivity index (χ0) is 27.0. The minimum Gasteiger partial charge on any atom is -0.508 e. The third-order valence-electron chi connectivity index (χ3n) is 5.82. The Morgan fingerprint density at radius 3 is 2.44 bits per heavy atom. The van der Waals surface area contributed by atoms with Crippen molar-refractivity contribution >= 4 is 40.4 Å². The van der Waals surface area contributed by atoms with Crippen LogP contribution in [-0.4, -0.2) is 52.3 Å². The highest BCUT2D eigenvalue weighted by atomic mass is 19.1. The number of ether oxygens (including phenoxy) is 1. The summed E-state index contributed by atoms with van der Waals surface area (Å²) in [5, 5.41) is 16.1. The molecule has 1 aliphatic heterocycles. The fourth-order valence-corrected chi connectivity index (χ4v) is 3.97. The Bertz CT molecular complexity index is 1430. The van der Waals surface area contributed by atoms with Crippen LogP contribution in [0.5, 0.6) is 5.75 Å². The number of phenols is 1. The number of hydrazine groups is 1. The van der Waals surface area contributed by atoms with E-state index < -0.39 is 11.7 Å². The predicted octanol–water partition coefficient (Wildman–Crippen LogP) is 4.19. The van der Waals surface area contributed by atoms with Crippen LogP contribution < -0.4 is 26.4 Å². The first-order valence-electron chi connectivity index (χ1n) is 12.3. The van der Waals surface area contributed by atoms with E-state index in [4.69, 9.17) is 4.74 Å². The molecule has 1 amide bonds. The average molecular weight is 531 g/mol. The van der Waals surface area contributed by atoms with Gasteiger partial charge in [0.1, 0.15) is 11.4 Å². The molecular formula is C27H27FN8O3. The third-order valence-corrected chi connectivity index (χ3v) is 5.82. The Hall–Kier alpha value is -4.97. The van der Waals surface area contributed by atoms with E-state index in [1.807, 2.05) is 30.3 Å². The maximum atomic E-state index is 14.3. The van der Waals surface area contributed by atoms with Gasteiger partial charge in [-0.2, -0.15) is 4.98 Å². The van der Waals surface area contributed by atoms with Crippen molar-refractivity contribution in [1.82, 2.24) is 20.4 Å². The molecular weight excluding hydrogens is 503 g/mol. The number of halogens is 1. The van der Waals surface area contributed by atoms with Crippen LogP contribution >= 0.6 is 0 Å². The lowest BCUT2D eigenvalue weighted by Crippen LogP contribution is -2.32. The van der Waals surface area contributed by atoms with Gasteiger partial charge in [-0.1, -0.05) is 12.1 Å². The molecule has 0 unspecified atom stereocenters. The van der Waals surface area contributed by atoms with Gasteiger partial charge in [-0.15, -0.1) is 0 Å². The van der Waals surface area contributed by atoms with Gasteiger partial charge < -0.3 is 25.4 Å². The van der Waals surface area contributed by atoms with E-state index in [-0.39, 0.29) is 23.2 Å². The fourth-order valence-electron chi connectivity index (χ4n) is 3.97. The maximum Gasteiger partial charge on any atom is 0.288 e. The largest absolute Gasteiger partial charge is 0.508 e. The van der Waals surface area contributed by atoms with Crippen molar-refractivity contribution < 1.29 is 19.0 Å². The molecule has 5 rings (SSSR count). The summed E-state index contributed by atoms with van der Waals surface area (Å²) in [4.78, 5) is 26.7. The van der Waals surface area contributed by atoms with Crippen molar-refractivity contribution in [3.63, 3.8) is 0 Å². The zero-order valence-corrected chi connectivity index (χ0v) is 20.9. The number of carbonyl (C=O) groups is 1. The molecule has 5 N–H and O–H groups in total. The monoisotopic (exact) mass is 530 g/mol. The van der Waals surface area contributed by atoms with Crippen molar-refractivity contribution in [3.8, 4) is 5.75 Å². The number of carbonyl (C=O) groups excluding carboxylic acids is 1. The number of amides is 1. The summed E-state index contributed by atoms with van der Waals surface area (Å²) in [6.07, 6.45) is 3.37. The highest BCUT2D eigenvalue weighted by Crippen LogP contribution is 2.24. The van der Waals surface area contributed by atoms with Crippen LogP contribution in [0.1, 0.15) is 16.9 Å². The first-order valence-corrected chi connectivity index (χ1v) is 12.3. The summed E-state index contributed by atoms with van der Waals surface area (Å²) in [5.41, 5.74) is 8.36. The van der Waals surface area contributed by atoms with Crippen molar-refractivity contribution in [2.24, 2.45) is 0 Å². The smallest absolute Gasteiger partial charge is 0.288 e. The molecule has 4 aromatic rings. The predicted molar refractivity (Wildman–Crippen MR) is 146 cm³/mol. The lowest BCUT2D eigenvalue weighted by atomic mass is 10.2. The molecule has 200 valence electrons. The molecule has 2 aromatic carbocycles. The number of anilines is 6. The summed E-state index contributed by atoms with van der Waals surface area (Å²) in [6.45, 7) is 2.24. The Labute approximate surface area is 224 Å². The van der Waals surface area contributed by atoms with E-state index in [0.717, 1.165) is 29.7 Å². The SMILES string of the molecule is O=C(NNc1ncc(F)c(N2CCCOCC2)n1)c1ccc(Nc2cccc(Nc3cccc(O)c3)c2)cn1. The molecule has 3 heterocycles. The molecule has 0 spiro atoms. The standard InChI is InChI=1S/C27H27FN8O3/c28-23-17-30-27(33-25(23)36-10-3-12-39-13-11-36)35-34-26(38)24-9-8-21(16-29-24)32-19-5-1-4-18(14-19)31-20-6-2-7-22(37)15-20/h1-2,4-9,14-17,31-32,37H,3,10-13H2,(H,34,38)(H,30,33,35). The van der Waals surface area contributed by atoms with E-state index in [1.165, 1.54) is 6.20 Å². The first kappa shape index (κ1) is 25.7. The quantitative estimate of drug-likeness (QED) is 0.211. The lowest BCUT2D eigenvalue weighted by molar-refractivity contribution is 0.0957. The molecule has 2 aromatic heterocycles. The summed E-state index contributed by atoms with van der Waals surface area (Å²) in [7, 11) is 0. The number of aromatic nitrogens is 3. The zero-order valence-electron chi connectivity index (χ0n) is 20.9. The number of aromatic hydroxyl groups is 1. The topological polar surface area (TPSA) is 137 Å². The summed E-state index contributed by atoms with van der Waals surface area (Å²) in [6, 6.07) is 17.8. The number of nitrogens with one attached hydrogen (secondary N) is 4. The average Bonchev–Trinajstić information content (AvgIpc) is 3.23. The van der Waals surface area contributed by atoms with Gasteiger partial charge in [0.2, 0.25) is 5.95 Å². The molecule has 0 radical (unpaired) electrons. The Morgan fingerprint density at radius 2 is 1.67 bits per heavy atom. The van der Waals surface area contributed by atoms with Crippen molar-refractivity contribution in [3.05, 3.63) is 84.6 Å². The molecule has 1 aliphatic rings. The van der Waals surface area contributed by atoms with Crippen LogP contribution in [0, 0.1) is 5.82 Å². The molecule has 1 fully saturated rings. The molecule has 0 atom stereocenters. The summed E-state index contributed by atoms with van der Waals surface area (Å²) in [5.74, 6) is -0.655. The van der Waals surface area contributed by atoms with E-state index in [9.17, 15) is 14.3 Å². The van der Waals surface area contributed by atoms with Gasteiger partial charge in [-0.25, -0.2) is 14.4 Å². The second-order valence-electron chi connectivity index (χ2n) is 8.71. The fraction of sp³-hybridized carbons (Fsp3) is 0.185. The van der Waals surface area contributed by atoms with Crippen molar-refractivity contribution in [2.45, 2.75) is 6.42 Å². The first-order chi connectivity index (χ1) is 19.0. The number of phenolic OH excluding ortho intramolecular Hbond substituents is 1. The number of benzene rings is 2. The molecule has 12 heteroatoms. The van der Waals surface area contributed by atoms with Gasteiger partial charge in [-0.3, -0.25) is 15.6 Å². The highest BCUT2D eigenvalue weighted by Gasteiger charge is 2.17. The number of hydrogen-bond donors (Lipinski definition) is 5. The number of pyridine rings is 1. The Kier molecular flexibility index (Phi) is 7.93. The van der Waals surface area contributed by atoms with Gasteiger partial charge >= 0.3 is 0 Å².